The zero-order valence-corrected chi connectivity index (χ0v) is 5.70. The van der Waals surface area contributed by atoms with Crippen molar-refractivity contribution >= 4 is 38.9 Å². The van der Waals surface area contributed by atoms with Gasteiger partial charge in [0.2, 0.25) is 0 Å². The molecule has 2 N–H and O–H groups in total. The number of aromatic nitrogens is 1. The number of hydrogen-bond acceptors (Lipinski definition) is 5. The van der Waals surface area contributed by atoms with E-state index in [0.717, 1.165) is 0 Å². The number of nitrogens with two attached hydrogens (primary N) is 1. The van der Waals surface area contributed by atoms with Gasteiger partial charge in [-0.3, -0.25) is 0 Å². The van der Waals surface area contributed by atoms with Crippen LogP contribution < -0.4 is 5.73 Å². The van der Waals surface area contributed by atoms with Gasteiger partial charge in [0.15, 0.2) is 5.82 Å². The summed E-state index contributed by atoms with van der Waals surface area (Å²) < 4.78 is 4.45. The summed E-state index contributed by atoms with van der Waals surface area (Å²) in [7, 11) is 2.75. The molecule has 0 aliphatic rings. The van der Waals surface area contributed by atoms with Crippen LogP contribution in [0.3, 0.4) is 0 Å². The molecular formula is C2H2N2S3. The minimum absolute atomic E-state index is 0.491. The standard InChI is InChI=1S/C2H2N2S3/c3-1-2(5)6-7-4-1/h(H2,3,4). The Labute approximate surface area is 53.2 Å². The molecule has 0 bridgehead atoms. The molecule has 0 unspecified atom stereocenters. The Morgan fingerprint density at radius 1 is 1.71 bits per heavy atom. The fraction of sp³-hybridized carbons (Fsp3) is 0. The monoisotopic (exact) mass is 150 g/mol. The first-order valence-electron chi connectivity index (χ1n) is 1.52. The van der Waals surface area contributed by atoms with Crippen LogP contribution in [0.1, 0.15) is 0 Å². The lowest BCUT2D eigenvalue weighted by Gasteiger charge is -1.68. The number of anilines is 1. The highest BCUT2D eigenvalue weighted by Gasteiger charge is 1.87. The molecule has 0 saturated carbocycles. The maximum absolute atomic E-state index is 5.25. The molecule has 0 fully saturated rings. The summed E-state index contributed by atoms with van der Waals surface area (Å²) in [5.74, 6) is 0.491. The minimum Gasteiger partial charge on any atom is -0.381 e. The van der Waals surface area contributed by atoms with Crippen molar-refractivity contribution in [3.05, 3.63) is 3.82 Å². The van der Waals surface area contributed by atoms with Crippen LogP contribution in [0.5, 0.6) is 0 Å². The van der Waals surface area contributed by atoms with Crippen molar-refractivity contribution in [2.75, 3.05) is 5.73 Å². The van der Waals surface area contributed by atoms with Crippen LogP contribution >= 0.6 is 33.1 Å². The molecule has 7 heavy (non-hydrogen) atoms. The molecule has 0 saturated heterocycles. The summed E-state index contributed by atoms with van der Waals surface area (Å²) in [6.07, 6.45) is 0. The van der Waals surface area contributed by atoms with Gasteiger partial charge in [-0.1, -0.05) is 12.2 Å². The number of rotatable bonds is 0. The van der Waals surface area contributed by atoms with Crippen LogP contribution in [0.4, 0.5) is 5.82 Å². The number of nitrogens with zero attached hydrogens (tertiary/aromatic N) is 1. The Morgan fingerprint density at radius 3 is 2.57 bits per heavy atom. The zero-order valence-electron chi connectivity index (χ0n) is 3.25. The molecule has 0 aromatic carbocycles. The molecule has 2 nitrogen and oxygen atoms in total. The van der Waals surface area contributed by atoms with Gasteiger partial charge in [-0.15, -0.1) is 0 Å². The van der Waals surface area contributed by atoms with Crippen LogP contribution in [0.15, 0.2) is 0 Å². The molecule has 1 aromatic rings. The summed E-state index contributed by atoms with van der Waals surface area (Å²) >= 11 is 4.73. The van der Waals surface area contributed by atoms with Crippen molar-refractivity contribution in [3.8, 4) is 0 Å². The third kappa shape index (κ3) is 0.960. The van der Waals surface area contributed by atoms with E-state index < -0.39 is 0 Å². The molecule has 0 spiro atoms. The summed E-state index contributed by atoms with van der Waals surface area (Å²) in [5, 5.41) is 0. The molecule has 1 heterocycles. The van der Waals surface area contributed by atoms with Gasteiger partial charge in [0.05, 0.1) is 0 Å². The molecule has 0 aliphatic carbocycles. The predicted octanol–water partition coefficient (Wildman–Crippen LogP) is 1.52. The summed E-state index contributed by atoms with van der Waals surface area (Å²) in [4.78, 5) is 0. The van der Waals surface area contributed by atoms with E-state index in [2.05, 4.69) is 4.37 Å². The van der Waals surface area contributed by atoms with Gasteiger partial charge in [-0.25, -0.2) is 0 Å². The largest absolute Gasteiger partial charge is 0.381 e. The van der Waals surface area contributed by atoms with E-state index in [0.29, 0.717) is 9.64 Å². The van der Waals surface area contributed by atoms with Crippen LogP contribution in [-0.2, 0) is 0 Å². The molecule has 0 radical (unpaired) electrons. The highest BCUT2D eigenvalue weighted by molar-refractivity contribution is 7.79. The van der Waals surface area contributed by atoms with E-state index in [4.69, 9.17) is 18.0 Å². The quantitative estimate of drug-likeness (QED) is 0.450. The van der Waals surface area contributed by atoms with E-state index in [1.807, 2.05) is 0 Å². The molecule has 1 rings (SSSR count). The topological polar surface area (TPSA) is 38.9 Å². The second-order valence-electron chi connectivity index (χ2n) is 0.922. The Balaban J connectivity index is 3.39. The van der Waals surface area contributed by atoms with Crippen LogP contribution in [0.2, 0.25) is 0 Å². The zero-order chi connectivity index (χ0) is 5.28. The first-order valence-corrected chi connectivity index (χ1v) is 4.03. The highest BCUT2D eigenvalue weighted by Crippen LogP contribution is 2.12. The van der Waals surface area contributed by atoms with Gasteiger partial charge in [-0.05, 0) is 10.3 Å². The average Bonchev–Trinajstić information content (AvgIpc) is 1.91. The lowest BCUT2D eigenvalue weighted by atomic mass is 10.9. The van der Waals surface area contributed by atoms with E-state index >= 15 is 0 Å². The first kappa shape index (κ1) is 5.14. The lowest BCUT2D eigenvalue weighted by Crippen LogP contribution is -1.80. The predicted molar refractivity (Wildman–Crippen MR) is 35.2 cm³/mol. The fourth-order valence-electron chi connectivity index (χ4n) is 0.173. The van der Waals surface area contributed by atoms with Gasteiger partial charge in [0.25, 0.3) is 0 Å². The van der Waals surface area contributed by atoms with Crippen molar-refractivity contribution < 1.29 is 0 Å². The first-order chi connectivity index (χ1) is 3.30. The second-order valence-corrected chi connectivity index (χ2v) is 3.44. The van der Waals surface area contributed by atoms with Gasteiger partial charge in [0, 0.05) is 10.5 Å². The van der Waals surface area contributed by atoms with E-state index in [1.54, 1.807) is 0 Å². The summed E-state index contributed by atoms with van der Waals surface area (Å²) in [5.41, 5.74) is 5.25. The highest BCUT2D eigenvalue weighted by atomic mass is 32.9. The van der Waals surface area contributed by atoms with Gasteiger partial charge in [-0.2, -0.15) is 4.37 Å². The summed E-state index contributed by atoms with van der Waals surface area (Å²) in [6.45, 7) is 0. The Kier molecular flexibility index (Phi) is 1.36. The third-order valence-electron chi connectivity index (χ3n) is 0.458. The maximum Gasteiger partial charge on any atom is 0.166 e. The van der Waals surface area contributed by atoms with Crippen LogP contribution in [0, 0.1) is 3.82 Å². The molecular weight excluding hydrogens is 148 g/mol. The van der Waals surface area contributed by atoms with Crippen LogP contribution in [0.25, 0.3) is 0 Å². The van der Waals surface area contributed by atoms with E-state index in [1.165, 1.54) is 20.9 Å². The van der Waals surface area contributed by atoms with Crippen molar-refractivity contribution in [3.63, 3.8) is 0 Å². The number of hydrogen-bond donors (Lipinski definition) is 1. The molecule has 0 amide bonds. The van der Waals surface area contributed by atoms with Crippen molar-refractivity contribution in [2.24, 2.45) is 0 Å². The smallest absolute Gasteiger partial charge is 0.166 e. The molecule has 1 aromatic heterocycles. The van der Waals surface area contributed by atoms with Gasteiger partial charge < -0.3 is 5.73 Å². The maximum atomic E-state index is 5.25. The lowest BCUT2D eigenvalue weighted by molar-refractivity contribution is 1.56. The van der Waals surface area contributed by atoms with Crippen molar-refractivity contribution in [1.82, 2.24) is 4.37 Å². The average molecular weight is 150 g/mol. The molecule has 0 atom stereocenters. The third-order valence-corrected chi connectivity index (χ3v) is 2.89. The molecule has 38 valence electrons. The van der Waals surface area contributed by atoms with Crippen molar-refractivity contribution in [2.45, 2.75) is 0 Å². The summed E-state index contributed by atoms with van der Waals surface area (Å²) in [6, 6.07) is 0. The Morgan fingerprint density at radius 2 is 2.43 bits per heavy atom. The Bertz CT molecular complexity index is 199. The van der Waals surface area contributed by atoms with Gasteiger partial charge >= 0.3 is 0 Å². The van der Waals surface area contributed by atoms with E-state index in [-0.39, 0.29) is 0 Å². The minimum atomic E-state index is 0.491. The van der Waals surface area contributed by atoms with E-state index in [9.17, 15) is 0 Å². The Hall–Kier alpha value is -0.0000000000000000555. The number of nitrogen functional groups attached to an aromatic ring is 1. The molecule has 0 aliphatic heterocycles. The second kappa shape index (κ2) is 1.85. The van der Waals surface area contributed by atoms with Crippen LogP contribution in [-0.4, -0.2) is 4.37 Å². The van der Waals surface area contributed by atoms with Gasteiger partial charge in [0.1, 0.15) is 3.82 Å². The SMILES string of the molecule is Nc1nssc1=S. The molecule has 5 heteroatoms. The normalized spacial score (nSPS) is 9.14. The van der Waals surface area contributed by atoms with Crippen molar-refractivity contribution in [1.29, 1.82) is 0 Å². The fourth-order valence-corrected chi connectivity index (χ4v) is 1.83.